The summed E-state index contributed by atoms with van der Waals surface area (Å²) in [6.45, 7) is 9.48. The normalized spacial score (nSPS) is 46.0. The summed E-state index contributed by atoms with van der Waals surface area (Å²) < 4.78 is 27.9. The quantitative estimate of drug-likeness (QED) is 0.323. The van der Waals surface area contributed by atoms with E-state index >= 15 is 0 Å². The fourth-order valence-corrected chi connectivity index (χ4v) is 7.13. The van der Waals surface area contributed by atoms with Gasteiger partial charge in [-0.3, -0.25) is 13.2 Å². The maximum atomic E-state index is 12.1. The van der Waals surface area contributed by atoms with Gasteiger partial charge in [0.05, 0.1) is 24.3 Å². The van der Waals surface area contributed by atoms with Gasteiger partial charge >= 0.3 is 17.3 Å². The van der Waals surface area contributed by atoms with Crippen molar-refractivity contribution < 1.29 is 26.9 Å². The van der Waals surface area contributed by atoms with E-state index in [-0.39, 0.29) is 41.5 Å². The maximum Gasteiger partial charge on any atom is 0.336 e. The first-order valence-corrected chi connectivity index (χ1v) is 11.3. The standard InChI is InChI=1S/C21H29NO6S/c1-13-4-7-17-20(2,9-8-18-21(17,3)11-27-29(25)28-18)15(13)6-5-14-16(22-12-23)10-26-19(14)24/h5,12,15-18H,1,4,6-11H2,2-3H3,(H,22,23)/b14-5+/t15-,16+,17+,18?,20+,21+,29?/m1/s1. The largest absolute Gasteiger partial charge is 0.460 e. The molecule has 4 rings (SSSR count). The number of fused-ring (bicyclic) bond motifs is 3. The fraction of sp³-hybridized carbons (Fsp3) is 0.714. The third kappa shape index (κ3) is 3.39. The predicted octanol–water partition coefficient (Wildman–Crippen LogP) is 2.36. The number of cyclic esters (lactones) is 1. The van der Waals surface area contributed by atoms with Crippen LogP contribution in [0.2, 0.25) is 0 Å². The number of hydrogen-bond acceptors (Lipinski definition) is 6. The van der Waals surface area contributed by atoms with Crippen molar-refractivity contribution in [3.8, 4) is 0 Å². The number of allylic oxidation sites excluding steroid dienone is 2. The summed E-state index contributed by atoms with van der Waals surface area (Å²) in [5.41, 5.74) is 1.52. The predicted molar refractivity (Wildman–Crippen MR) is 106 cm³/mol. The van der Waals surface area contributed by atoms with E-state index in [1.807, 2.05) is 6.08 Å². The molecule has 4 fully saturated rings. The Morgan fingerprint density at radius 1 is 1.31 bits per heavy atom. The van der Waals surface area contributed by atoms with Crippen molar-refractivity contribution in [1.29, 1.82) is 0 Å². The van der Waals surface area contributed by atoms with E-state index in [4.69, 9.17) is 13.1 Å². The summed E-state index contributed by atoms with van der Waals surface area (Å²) in [7, 11) is 0. The van der Waals surface area contributed by atoms with Crippen LogP contribution in [0, 0.1) is 22.7 Å². The van der Waals surface area contributed by atoms with Crippen molar-refractivity contribution in [1.82, 2.24) is 5.32 Å². The van der Waals surface area contributed by atoms with Crippen LogP contribution in [0.5, 0.6) is 0 Å². The molecule has 2 unspecified atom stereocenters. The highest BCUT2D eigenvalue weighted by Crippen LogP contribution is 2.63. The number of hydrogen-bond donors (Lipinski definition) is 1. The monoisotopic (exact) mass is 423 g/mol. The molecule has 2 saturated heterocycles. The molecule has 4 aliphatic rings. The first-order chi connectivity index (χ1) is 13.8. The molecule has 2 aliphatic heterocycles. The summed E-state index contributed by atoms with van der Waals surface area (Å²) in [4.78, 5) is 23.0. The Morgan fingerprint density at radius 2 is 2.10 bits per heavy atom. The molecule has 29 heavy (non-hydrogen) atoms. The van der Waals surface area contributed by atoms with Gasteiger partial charge in [-0.25, -0.2) is 4.79 Å². The average molecular weight is 424 g/mol. The van der Waals surface area contributed by atoms with E-state index in [0.29, 0.717) is 30.9 Å². The molecule has 0 bridgehead atoms. The van der Waals surface area contributed by atoms with Gasteiger partial charge in [0, 0.05) is 5.41 Å². The van der Waals surface area contributed by atoms with Crippen LogP contribution in [-0.2, 0) is 34.1 Å². The summed E-state index contributed by atoms with van der Waals surface area (Å²) in [6, 6.07) is -0.385. The van der Waals surface area contributed by atoms with Gasteiger partial charge in [0.25, 0.3) is 0 Å². The molecule has 1 N–H and O–H groups in total. The van der Waals surface area contributed by atoms with Gasteiger partial charge in [-0.2, -0.15) is 4.21 Å². The molecule has 160 valence electrons. The van der Waals surface area contributed by atoms with Crippen LogP contribution in [0.1, 0.15) is 46.0 Å². The molecule has 0 aromatic heterocycles. The van der Waals surface area contributed by atoms with E-state index in [0.717, 1.165) is 25.7 Å². The van der Waals surface area contributed by atoms with Gasteiger partial charge < -0.3 is 10.1 Å². The number of ether oxygens (including phenoxy) is 1. The third-order valence-corrected chi connectivity index (χ3v) is 8.51. The van der Waals surface area contributed by atoms with Crippen LogP contribution in [-0.4, -0.2) is 41.9 Å². The second-order valence-corrected chi connectivity index (χ2v) is 10.1. The van der Waals surface area contributed by atoms with Crippen LogP contribution in [0.4, 0.5) is 0 Å². The highest BCUT2D eigenvalue weighted by Gasteiger charge is 2.60. The number of nitrogens with one attached hydrogen (secondary N) is 1. The number of carbonyl (C=O) groups is 2. The lowest BCUT2D eigenvalue weighted by atomic mass is 9.46. The Hall–Kier alpha value is -1.51. The topological polar surface area (TPSA) is 90.9 Å². The highest BCUT2D eigenvalue weighted by molar-refractivity contribution is 7.75. The summed E-state index contributed by atoms with van der Waals surface area (Å²) >= 11 is -1.66. The van der Waals surface area contributed by atoms with Crippen LogP contribution in [0.3, 0.4) is 0 Å². The van der Waals surface area contributed by atoms with Crippen molar-refractivity contribution in [3.63, 3.8) is 0 Å². The summed E-state index contributed by atoms with van der Waals surface area (Å²) in [5, 5.41) is 2.66. The first kappa shape index (κ1) is 20.8. The smallest absolute Gasteiger partial charge is 0.336 e. The highest BCUT2D eigenvalue weighted by atomic mass is 32.2. The second kappa shape index (κ2) is 7.63. The molecule has 7 atom stereocenters. The Morgan fingerprint density at radius 3 is 2.86 bits per heavy atom. The van der Waals surface area contributed by atoms with Crippen molar-refractivity contribution in [3.05, 3.63) is 23.8 Å². The van der Waals surface area contributed by atoms with Crippen LogP contribution in [0.15, 0.2) is 23.8 Å². The van der Waals surface area contributed by atoms with Crippen molar-refractivity contribution in [2.75, 3.05) is 13.2 Å². The van der Waals surface area contributed by atoms with Crippen LogP contribution >= 0.6 is 0 Å². The number of esters is 1. The molecular formula is C21H29NO6S. The van der Waals surface area contributed by atoms with Crippen molar-refractivity contribution >= 4 is 23.7 Å². The zero-order valence-electron chi connectivity index (χ0n) is 17.0. The fourth-order valence-electron chi connectivity index (χ4n) is 6.22. The maximum absolute atomic E-state index is 12.1. The minimum absolute atomic E-state index is 0.0146. The zero-order valence-corrected chi connectivity index (χ0v) is 17.8. The van der Waals surface area contributed by atoms with E-state index < -0.39 is 11.4 Å². The Balaban J connectivity index is 1.60. The molecule has 0 aromatic rings. The number of amides is 1. The van der Waals surface area contributed by atoms with E-state index in [9.17, 15) is 13.8 Å². The van der Waals surface area contributed by atoms with Crippen molar-refractivity contribution in [2.45, 2.75) is 58.1 Å². The summed E-state index contributed by atoms with van der Waals surface area (Å²) in [5.74, 6) is 0.198. The molecular weight excluding hydrogens is 394 g/mol. The van der Waals surface area contributed by atoms with Gasteiger partial charge in [-0.1, -0.05) is 32.1 Å². The second-order valence-electron chi connectivity index (χ2n) is 9.23. The van der Waals surface area contributed by atoms with Gasteiger partial charge in [-0.05, 0) is 49.4 Å². The lowest BCUT2D eigenvalue weighted by Gasteiger charge is -2.61. The van der Waals surface area contributed by atoms with Gasteiger partial charge in [0.1, 0.15) is 6.61 Å². The Bertz CT molecular complexity index is 781. The third-order valence-electron chi connectivity index (χ3n) is 7.81. The first-order valence-electron chi connectivity index (χ1n) is 10.3. The minimum atomic E-state index is -1.66. The Labute approximate surface area is 174 Å². The van der Waals surface area contributed by atoms with Crippen LogP contribution in [0.25, 0.3) is 0 Å². The molecule has 1 amide bonds. The molecule has 0 radical (unpaired) electrons. The van der Waals surface area contributed by atoms with Gasteiger partial charge in [-0.15, -0.1) is 0 Å². The van der Waals surface area contributed by atoms with E-state index in [1.165, 1.54) is 5.57 Å². The number of rotatable bonds is 4. The Kier molecular flexibility index (Phi) is 5.46. The van der Waals surface area contributed by atoms with Gasteiger partial charge in [0.2, 0.25) is 6.41 Å². The van der Waals surface area contributed by atoms with Gasteiger partial charge in [0.15, 0.2) is 0 Å². The lowest BCUT2D eigenvalue weighted by Crippen LogP contribution is -2.60. The average Bonchev–Trinajstić information content (AvgIpc) is 3.02. The molecule has 2 aliphatic carbocycles. The van der Waals surface area contributed by atoms with Crippen LogP contribution < -0.4 is 5.32 Å². The van der Waals surface area contributed by atoms with E-state index in [1.54, 1.807) is 0 Å². The number of carbonyl (C=O) groups excluding carboxylic acids is 2. The lowest BCUT2D eigenvalue weighted by molar-refractivity contribution is -0.154. The minimum Gasteiger partial charge on any atom is -0.460 e. The molecule has 7 nitrogen and oxygen atoms in total. The molecule has 2 heterocycles. The SMILES string of the molecule is C=C1CC[C@H]2[C@@](C)(CCC3OS(=O)OC[C@]32C)[C@@H]1C/C=C1/C(=O)OC[C@@H]1NC=O. The summed E-state index contributed by atoms with van der Waals surface area (Å²) in [6.07, 6.45) is 6.85. The molecule has 8 heteroatoms. The van der Waals surface area contributed by atoms with Crippen molar-refractivity contribution in [2.24, 2.45) is 22.7 Å². The van der Waals surface area contributed by atoms with E-state index in [2.05, 4.69) is 25.7 Å². The molecule has 0 aromatic carbocycles. The zero-order chi connectivity index (χ0) is 20.8. The molecule has 2 saturated carbocycles. The molecule has 0 spiro atoms.